The van der Waals surface area contributed by atoms with Crippen molar-refractivity contribution in [1.82, 2.24) is 15.6 Å². The second-order valence-electron chi connectivity index (χ2n) is 7.51. The Hall–Kier alpha value is -3.44. The molecule has 1 aromatic carbocycles. The first-order valence-electron chi connectivity index (χ1n) is 10.3. The van der Waals surface area contributed by atoms with Gasteiger partial charge in [-0.05, 0) is 43.9 Å². The molecular formula is C21H29N5O6. The molecule has 32 heavy (non-hydrogen) atoms. The fourth-order valence-corrected chi connectivity index (χ4v) is 3.32. The van der Waals surface area contributed by atoms with Gasteiger partial charge in [0, 0.05) is 17.1 Å². The average Bonchev–Trinajstić information content (AvgIpc) is 3.14. The van der Waals surface area contributed by atoms with Crippen LogP contribution in [-0.4, -0.2) is 63.6 Å². The molecule has 0 aliphatic heterocycles. The molecule has 0 aliphatic carbocycles. The number of carboxylic acids is 2. The van der Waals surface area contributed by atoms with Crippen molar-refractivity contribution in [3.05, 3.63) is 36.0 Å². The fourth-order valence-electron chi connectivity index (χ4n) is 3.32. The molecule has 2 amide bonds. The molecule has 1 aromatic heterocycles. The van der Waals surface area contributed by atoms with Crippen LogP contribution in [0.1, 0.15) is 31.2 Å². The molecule has 0 fully saturated rings. The van der Waals surface area contributed by atoms with Crippen molar-refractivity contribution in [2.45, 2.75) is 50.2 Å². The number of hydrogen-bond acceptors (Lipinski definition) is 6. The number of rotatable bonds is 13. The number of carboxylic acid groups (broad SMARTS) is 2. The Morgan fingerprint density at radius 2 is 1.69 bits per heavy atom. The summed E-state index contributed by atoms with van der Waals surface area (Å²) >= 11 is 0. The van der Waals surface area contributed by atoms with E-state index in [2.05, 4.69) is 15.6 Å². The van der Waals surface area contributed by atoms with Crippen LogP contribution < -0.4 is 22.1 Å². The number of aromatic amines is 1. The molecule has 0 saturated heterocycles. The van der Waals surface area contributed by atoms with E-state index in [-0.39, 0.29) is 12.8 Å². The maximum Gasteiger partial charge on any atom is 0.326 e. The van der Waals surface area contributed by atoms with Gasteiger partial charge in [0.25, 0.3) is 0 Å². The van der Waals surface area contributed by atoms with E-state index in [1.165, 1.54) is 0 Å². The summed E-state index contributed by atoms with van der Waals surface area (Å²) in [5, 5.41) is 24.0. The van der Waals surface area contributed by atoms with E-state index in [1.807, 2.05) is 24.3 Å². The van der Waals surface area contributed by atoms with Gasteiger partial charge in [-0.1, -0.05) is 18.2 Å². The van der Waals surface area contributed by atoms with Crippen molar-refractivity contribution in [3.8, 4) is 0 Å². The van der Waals surface area contributed by atoms with Gasteiger partial charge in [-0.15, -0.1) is 0 Å². The highest BCUT2D eigenvalue weighted by atomic mass is 16.4. The molecule has 3 unspecified atom stereocenters. The number of para-hydroxylation sites is 1. The third-order valence-electron chi connectivity index (χ3n) is 5.02. The number of aliphatic carboxylic acids is 2. The summed E-state index contributed by atoms with van der Waals surface area (Å²) in [6.45, 7) is 0.381. The normalized spacial score (nSPS) is 13.8. The molecule has 0 aliphatic rings. The summed E-state index contributed by atoms with van der Waals surface area (Å²) in [6.07, 6.45) is 2.36. The summed E-state index contributed by atoms with van der Waals surface area (Å²) in [4.78, 5) is 50.8. The van der Waals surface area contributed by atoms with Crippen LogP contribution in [0.2, 0.25) is 0 Å². The lowest BCUT2D eigenvalue weighted by Crippen LogP contribution is -2.55. The molecule has 174 valence electrons. The molecule has 11 heteroatoms. The third kappa shape index (κ3) is 7.06. The lowest BCUT2D eigenvalue weighted by molar-refractivity contribution is -0.143. The molecule has 9 N–H and O–H groups in total. The van der Waals surface area contributed by atoms with Crippen molar-refractivity contribution >= 4 is 34.7 Å². The topological polar surface area (TPSA) is 201 Å². The molecule has 2 rings (SSSR count). The molecule has 0 bridgehead atoms. The lowest BCUT2D eigenvalue weighted by atomic mass is 10.0. The Kier molecular flexibility index (Phi) is 9.17. The second kappa shape index (κ2) is 11.8. The number of fused-ring (bicyclic) bond motifs is 1. The molecule has 0 radical (unpaired) electrons. The van der Waals surface area contributed by atoms with Gasteiger partial charge in [0.2, 0.25) is 11.8 Å². The monoisotopic (exact) mass is 447 g/mol. The van der Waals surface area contributed by atoms with Crippen LogP contribution in [0.15, 0.2) is 30.5 Å². The zero-order valence-electron chi connectivity index (χ0n) is 17.5. The summed E-state index contributed by atoms with van der Waals surface area (Å²) in [5.41, 5.74) is 13.1. The zero-order valence-corrected chi connectivity index (χ0v) is 17.5. The number of nitrogens with one attached hydrogen (secondary N) is 3. The standard InChI is InChI=1S/C21H29N5O6/c22-8-4-3-7-16(21(31)32)25-20(30)17(10-18(27)28)26-19(29)14(23)9-12-11-24-15-6-2-1-5-13(12)15/h1-2,5-6,11,14,16-17,24H,3-4,7-10,22-23H2,(H,25,30)(H,26,29)(H,27,28)(H,31,32). The first-order chi connectivity index (χ1) is 15.2. The van der Waals surface area contributed by atoms with Gasteiger partial charge in [0.15, 0.2) is 0 Å². The zero-order chi connectivity index (χ0) is 23.7. The van der Waals surface area contributed by atoms with Gasteiger partial charge in [0.1, 0.15) is 12.1 Å². The van der Waals surface area contributed by atoms with Crippen LogP contribution in [0.25, 0.3) is 10.9 Å². The lowest BCUT2D eigenvalue weighted by Gasteiger charge is -2.22. The van der Waals surface area contributed by atoms with E-state index in [0.717, 1.165) is 16.5 Å². The van der Waals surface area contributed by atoms with Crippen LogP contribution in [0, 0.1) is 0 Å². The molecule has 0 spiro atoms. The Labute approximate surface area is 184 Å². The van der Waals surface area contributed by atoms with Gasteiger partial charge in [-0.2, -0.15) is 0 Å². The molecule has 11 nitrogen and oxygen atoms in total. The number of amides is 2. The second-order valence-corrected chi connectivity index (χ2v) is 7.51. The maximum atomic E-state index is 12.6. The van der Waals surface area contributed by atoms with Crippen molar-refractivity contribution < 1.29 is 29.4 Å². The number of carbonyl (C=O) groups is 4. The predicted octanol–water partition coefficient (Wildman–Crippen LogP) is -0.304. The fraction of sp³-hybridized carbons (Fsp3) is 0.429. The first kappa shape index (κ1) is 24.8. The minimum absolute atomic E-state index is 0.131. The van der Waals surface area contributed by atoms with Crippen LogP contribution in [0.4, 0.5) is 0 Å². The van der Waals surface area contributed by atoms with Gasteiger partial charge in [-0.25, -0.2) is 4.79 Å². The summed E-state index contributed by atoms with van der Waals surface area (Å²) in [6, 6.07) is 3.74. The Balaban J connectivity index is 2.04. The minimum Gasteiger partial charge on any atom is -0.481 e. The first-order valence-corrected chi connectivity index (χ1v) is 10.3. The molecule has 0 saturated carbocycles. The Morgan fingerprint density at radius 3 is 2.34 bits per heavy atom. The van der Waals surface area contributed by atoms with Gasteiger partial charge < -0.3 is 37.3 Å². The minimum atomic E-state index is -1.47. The number of aromatic nitrogens is 1. The highest BCUT2D eigenvalue weighted by Gasteiger charge is 2.29. The summed E-state index contributed by atoms with van der Waals surface area (Å²) in [5.74, 6) is -4.20. The highest BCUT2D eigenvalue weighted by molar-refractivity contribution is 5.94. The van der Waals surface area contributed by atoms with E-state index in [0.29, 0.717) is 19.4 Å². The van der Waals surface area contributed by atoms with Crippen LogP contribution in [0.3, 0.4) is 0 Å². The highest BCUT2D eigenvalue weighted by Crippen LogP contribution is 2.18. The number of hydrogen-bond donors (Lipinski definition) is 7. The number of unbranched alkanes of at least 4 members (excludes halogenated alkanes) is 1. The summed E-state index contributed by atoms with van der Waals surface area (Å²) < 4.78 is 0. The van der Waals surface area contributed by atoms with E-state index < -0.39 is 48.3 Å². The average molecular weight is 447 g/mol. The number of nitrogens with two attached hydrogens (primary N) is 2. The third-order valence-corrected chi connectivity index (χ3v) is 5.02. The largest absolute Gasteiger partial charge is 0.481 e. The van der Waals surface area contributed by atoms with Gasteiger partial charge >= 0.3 is 11.9 Å². The maximum absolute atomic E-state index is 12.6. The quantitative estimate of drug-likeness (QED) is 0.203. The van der Waals surface area contributed by atoms with Crippen LogP contribution >= 0.6 is 0 Å². The number of carbonyl (C=O) groups excluding carboxylic acids is 2. The van der Waals surface area contributed by atoms with E-state index in [1.54, 1.807) is 6.20 Å². The molecule has 1 heterocycles. The Bertz CT molecular complexity index is 959. The predicted molar refractivity (Wildman–Crippen MR) is 117 cm³/mol. The Morgan fingerprint density at radius 1 is 1.00 bits per heavy atom. The summed E-state index contributed by atoms with van der Waals surface area (Å²) in [7, 11) is 0. The van der Waals surface area contributed by atoms with E-state index in [9.17, 15) is 24.3 Å². The van der Waals surface area contributed by atoms with Crippen molar-refractivity contribution in [1.29, 1.82) is 0 Å². The van der Waals surface area contributed by atoms with Crippen molar-refractivity contribution in [3.63, 3.8) is 0 Å². The SMILES string of the molecule is NCCCCC(NC(=O)C(CC(=O)O)NC(=O)C(N)Cc1c[nH]c2ccccc12)C(=O)O. The molecular weight excluding hydrogens is 418 g/mol. The smallest absolute Gasteiger partial charge is 0.326 e. The van der Waals surface area contributed by atoms with Gasteiger partial charge in [0.05, 0.1) is 12.5 Å². The van der Waals surface area contributed by atoms with Gasteiger partial charge in [-0.3, -0.25) is 14.4 Å². The van der Waals surface area contributed by atoms with Crippen molar-refractivity contribution in [2.24, 2.45) is 11.5 Å². The van der Waals surface area contributed by atoms with Crippen molar-refractivity contribution in [2.75, 3.05) is 6.54 Å². The molecule has 3 atom stereocenters. The van der Waals surface area contributed by atoms with Crippen LogP contribution in [0.5, 0.6) is 0 Å². The van der Waals surface area contributed by atoms with E-state index in [4.69, 9.17) is 16.6 Å². The number of H-pyrrole nitrogens is 1. The van der Waals surface area contributed by atoms with Crippen LogP contribution in [-0.2, 0) is 25.6 Å². The molecule has 2 aromatic rings. The number of benzene rings is 1. The van der Waals surface area contributed by atoms with E-state index >= 15 is 0 Å².